The van der Waals surface area contributed by atoms with Crippen molar-refractivity contribution < 1.29 is 19.1 Å². The number of nitrogens with one attached hydrogen (secondary N) is 1. The third-order valence-electron chi connectivity index (χ3n) is 2.67. The van der Waals surface area contributed by atoms with Crippen LogP contribution in [0.25, 0.3) is 0 Å². The van der Waals surface area contributed by atoms with E-state index in [1.165, 1.54) is 36.5 Å². The molecule has 5 nitrogen and oxygen atoms in total. The maximum absolute atomic E-state index is 13.0. The minimum atomic E-state index is -1.06. The first-order valence-electron chi connectivity index (χ1n) is 5.89. The number of benzene rings is 1. The van der Waals surface area contributed by atoms with Crippen molar-refractivity contribution in [3.05, 3.63) is 62.7 Å². The maximum Gasteiger partial charge on any atom is 0.335 e. The van der Waals surface area contributed by atoms with Crippen LogP contribution in [0, 0.1) is 9.39 Å². The predicted octanol–water partition coefficient (Wildman–Crippen LogP) is 2.45. The molecule has 0 spiro atoms. The average molecular weight is 400 g/mol. The second-order valence-electron chi connectivity index (χ2n) is 4.15. The van der Waals surface area contributed by atoms with Crippen LogP contribution in [-0.4, -0.2) is 22.0 Å². The molecule has 2 N–H and O–H groups in total. The number of rotatable bonds is 4. The smallest absolute Gasteiger partial charge is 0.335 e. The number of aromatic carboxylic acids is 1. The van der Waals surface area contributed by atoms with Crippen LogP contribution in [0.3, 0.4) is 0 Å². The number of halogens is 2. The van der Waals surface area contributed by atoms with Gasteiger partial charge in [-0.2, -0.15) is 0 Å². The average Bonchev–Trinajstić information content (AvgIpc) is 2.45. The van der Waals surface area contributed by atoms with E-state index in [-0.39, 0.29) is 18.0 Å². The van der Waals surface area contributed by atoms with Crippen molar-refractivity contribution in [3.63, 3.8) is 0 Å². The SMILES string of the molecule is O=C(O)c1ccnc(CNC(=O)c2ccc(F)cc2I)c1. The Morgan fingerprint density at radius 2 is 2.05 bits per heavy atom. The van der Waals surface area contributed by atoms with Gasteiger partial charge >= 0.3 is 5.97 Å². The molecule has 2 rings (SSSR count). The van der Waals surface area contributed by atoms with Gasteiger partial charge in [0, 0.05) is 9.77 Å². The molecule has 1 heterocycles. The molecule has 2 aromatic rings. The lowest BCUT2D eigenvalue weighted by atomic mass is 10.2. The molecule has 1 aromatic heterocycles. The lowest BCUT2D eigenvalue weighted by molar-refractivity contribution is 0.0696. The monoisotopic (exact) mass is 400 g/mol. The molecule has 0 aliphatic carbocycles. The highest BCUT2D eigenvalue weighted by Gasteiger charge is 2.11. The van der Waals surface area contributed by atoms with Crippen LogP contribution in [0.1, 0.15) is 26.4 Å². The predicted molar refractivity (Wildman–Crippen MR) is 81.5 cm³/mol. The number of hydrogen-bond donors (Lipinski definition) is 2. The molecule has 1 aromatic carbocycles. The van der Waals surface area contributed by atoms with E-state index in [0.717, 1.165) is 0 Å². The Hall–Kier alpha value is -2.03. The van der Waals surface area contributed by atoms with Crippen LogP contribution >= 0.6 is 22.6 Å². The van der Waals surface area contributed by atoms with E-state index >= 15 is 0 Å². The van der Waals surface area contributed by atoms with Crippen LogP contribution in [0.15, 0.2) is 36.5 Å². The van der Waals surface area contributed by atoms with E-state index in [0.29, 0.717) is 14.8 Å². The van der Waals surface area contributed by atoms with Crippen molar-refractivity contribution in [2.24, 2.45) is 0 Å². The van der Waals surface area contributed by atoms with E-state index in [4.69, 9.17) is 5.11 Å². The molecule has 0 unspecified atom stereocenters. The van der Waals surface area contributed by atoms with Gasteiger partial charge in [-0.1, -0.05) is 0 Å². The van der Waals surface area contributed by atoms with Gasteiger partial charge in [0.05, 0.1) is 23.4 Å². The molecule has 0 saturated heterocycles. The highest BCUT2D eigenvalue weighted by Crippen LogP contribution is 2.14. The van der Waals surface area contributed by atoms with Crippen molar-refractivity contribution in [2.75, 3.05) is 0 Å². The summed E-state index contributed by atoms with van der Waals surface area (Å²) in [5.74, 6) is -1.84. The van der Waals surface area contributed by atoms with Gasteiger partial charge in [0.25, 0.3) is 5.91 Å². The summed E-state index contributed by atoms with van der Waals surface area (Å²) in [5, 5.41) is 11.5. The Morgan fingerprint density at radius 1 is 1.29 bits per heavy atom. The van der Waals surface area contributed by atoms with Crippen LogP contribution in [0.5, 0.6) is 0 Å². The largest absolute Gasteiger partial charge is 0.478 e. The number of pyridine rings is 1. The minimum absolute atomic E-state index is 0.0907. The maximum atomic E-state index is 13.0. The molecule has 0 fully saturated rings. The fourth-order valence-electron chi connectivity index (χ4n) is 1.65. The molecule has 0 atom stereocenters. The standard InChI is InChI=1S/C14H10FIN2O3/c15-9-1-2-11(12(16)6-9)13(19)18-7-10-5-8(14(20)21)3-4-17-10/h1-6H,7H2,(H,18,19)(H,20,21). The van der Waals surface area contributed by atoms with Crippen LogP contribution in [0.4, 0.5) is 4.39 Å². The first-order valence-corrected chi connectivity index (χ1v) is 6.96. The van der Waals surface area contributed by atoms with Crippen LogP contribution in [-0.2, 0) is 6.54 Å². The van der Waals surface area contributed by atoms with Crippen molar-refractivity contribution in [3.8, 4) is 0 Å². The molecule has 0 bridgehead atoms. The van der Waals surface area contributed by atoms with E-state index in [1.54, 1.807) is 0 Å². The molecule has 21 heavy (non-hydrogen) atoms. The summed E-state index contributed by atoms with van der Waals surface area (Å²) in [7, 11) is 0. The molecular formula is C14H10FIN2O3. The summed E-state index contributed by atoms with van der Waals surface area (Å²) in [5.41, 5.74) is 0.886. The van der Waals surface area contributed by atoms with Gasteiger partial charge in [0.1, 0.15) is 5.82 Å². The number of aromatic nitrogens is 1. The van der Waals surface area contributed by atoms with Gasteiger partial charge in [0.2, 0.25) is 0 Å². The second kappa shape index (κ2) is 6.61. The molecule has 1 amide bonds. The number of carbonyl (C=O) groups excluding carboxylic acids is 1. The summed E-state index contributed by atoms with van der Waals surface area (Å²) >= 11 is 1.88. The quantitative estimate of drug-likeness (QED) is 0.773. The van der Waals surface area contributed by atoms with Gasteiger partial charge in [0.15, 0.2) is 0 Å². The summed E-state index contributed by atoms with van der Waals surface area (Å²) in [6, 6.07) is 6.63. The fourth-order valence-corrected chi connectivity index (χ4v) is 2.37. The Balaban J connectivity index is 2.07. The topological polar surface area (TPSA) is 79.3 Å². The van der Waals surface area contributed by atoms with Crippen molar-refractivity contribution in [1.82, 2.24) is 10.3 Å². The van der Waals surface area contributed by atoms with E-state index in [1.807, 2.05) is 22.6 Å². The zero-order valence-corrected chi connectivity index (χ0v) is 12.8. The molecule has 0 radical (unpaired) electrons. The first-order chi connectivity index (χ1) is 9.97. The number of carboxylic acid groups (broad SMARTS) is 1. The van der Waals surface area contributed by atoms with E-state index in [2.05, 4.69) is 10.3 Å². The normalized spacial score (nSPS) is 10.2. The van der Waals surface area contributed by atoms with Gasteiger partial charge in [-0.25, -0.2) is 9.18 Å². The van der Waals surface area contributed by atoms with Crippen LogP contribution < -0.4 is 5.32 Å². The summed E-state index contributed by atoms with van der Waals surface area (Å²) < 4.78 is 13.5. The number of carboxylic acids is 1. The van der Waals surface area contributed by atoms with E-state index in [9.17, 15) is 14.0 Å². The van der Waals surface area contributed by atoms with Crippen molar-refractivity contribution >= 4 is 34.5 Å². The first kappa shape index (κ1) is 15.4. The third-order valence-corrected chi connectivity index (χ3v) is 3.56. The highest BCUT2D eigenvalue weighted by atomic mass is 127. The zero-order valence-electron chi connectivity index (χ0n) is 10.6. The van der Waals surface area contributed by atoms with Gasteiger partial charge in [-0.3, -0.25) is 9.78 Å². The number of hydrogen-bond acceptors (Lipinski definition) is 3. The van der Waals surface area contributed by atoms with E-state index < -0.39 is 11.8 Å². The Morgan fingerprint density at radius 3 is 2.71 bits per heavy atom. The Labute approximate surface area is 133 Å². The summed E-state index contributed by atoms with van der Waals surface area (Å²) in [6.07, 6.45) is 1.37. The molecule has 0 saturated carbocycles. The molecular weight excluding hydrogens is 390 g/mol. The zero-order chi connectivity index (χ0) is 15.4. The minimum Gasteiger partial charge on any atom is -0.478 e. The lowest BCUT2D eigenvalue weighted by Crippen LogP contribution is -2.24. The highest BCUT2D eigenvalue weighted by molar-refractivity contribution is 14.1. The number of carbonyl (C=O) groups is 2. The van der Waals surface area contributed by atoms with Crippen molar-refractivity contribution in [2.45, 2.75) is 6.54 Å². The molecule has 108 valence electrons. The molecule has 7 heteroatoms. The Bertz CT molecular complexity index is 706. The lowest BCUT2D eigenvalue weighted by Gasteiger charge is -2.07. The Kier molecular flexibility index (Phi) is 4.84. The fraction of sp³-hybridized carbons (Fsp3) is 0.0714. The third kappa shape index (κ3) is 3.97. The van der Waals surface area contributed by atoms with Gasteiger partial charge < -0.3 is 10.4 Å². The van der Waals surface area contributed by atoms with Gasteiger partial charge in [-0.05, 0) is 52.9 Å². The molecule has 0 aliphatic heterocycles. The summed E-state index contributed by atoms with van der Waals surface area (Å²) in [6.45, 7) is 0.0907. The second-order valence-corrected chi connectivity index (χ2v) is 5.31. The number of amides is 1. The van der Waals surface area contributed by atoms with Crippen LogP contribution in [0.2, 0.25) is 0 Å². The van der Waals surface area contributed by atoms with Crippen molar-refractivity contribution in [1.29, 1.82) is 0 Å². The summed E-state index contributed by atoms with van der Waals surface area (Å²) in [4.78, 5) is 26.8. The molecule has 0 aliphatic rings. The van der Waals surface area contributed by atoms with Gasteiger partial charge in [-0.15, -0.1) is 0 Å². The number of nitrogens with zero attached hydrogens (tertiary/aromatic N) is 1.